The molecule has 35 heavy (non-hydrogen) atoms. The molecule has 0 saturated heterocycles. The number of nitrogens with zero attached hydrogens (tertiary/aromatic N) is 1. The van der Waals surface area contributed by atoms with Gasteiger partial charge in [-0.05, 0) is 48.9 Å². The molecule has 3 aromatic carbocycles. The van der Waals surface area contributed by atoms with Crippen LogP contribution in [0.2, 0.25) is 0 Å². The van der Waals surface area contributed by atoms with Gasteiger partial charge in [0.2, 0.25) is 10.0 Å². The smallest absolute Gasteiger partial charge is 0.251 e. The molecule has 0 fully saturated rings. The third kappa shape index (κ3) is 7.07. The molecule has 1 N–H and O–H groups in total. The van der Waals surface area contributed by atoms with Crippen molar-refractivity contribution < 1.29 is 27.5 Å². The van der Waals surface area contributed by atoms with Crippen LogP contribution in [0.15, 0.2) is 72.8 Å². The molecule has 8 nitrogen and oxygen atoms in total. The van der Waals surface area contributed by atoms with Gasteiger partial charge in [-0.25, -0.2) is 8.42 Å². The van der Waals surface area contributed by atoms with Crippen molar-refractivity contribution in [3.8, 4) is 11.5 Å². The largest absolute Gasteiger partial charge is 0.493 e. The van der Waals surface area contributed by atoms with E-state index in [1.165, 1.54) is 11.2 Å². The number of anilines is 1. The molecular weight excluding hydrogens is 468 g/mol. The maximum atomic E-state index is 12.5. The predicted molar refractivity (Wildman–Crippen MR) is 135 cm³/mol. The Balaban J connectivity index is 1.61. The van der Waals surface area contributed by atoms with Crippen LogP contribution in [-0.4, -0.2) is 46.6 Å². The Hall–Kier alpha value is -3.85. The van der Waals surface area contributed by atoms with E-state index in [4.69, 9.17) is 9.47 Å². The van der Waals surface area contributed by atoms with E-state index in [1.807, 2.05) is 12.1 Å². The lowest BCUT2D eigenvalue weighted by Crippen LogP contribution is -2.30. The molecule has 3 rings (SSSR count). The highest BCUT2D eigenvalue weighted by Gasteiger charge is 2.19. The highest BCUT2D eigenvalue weighted by atomic mass is 32.2. The number of carbonyl (C=O) groups excluding carboxylic acids is 2. The molecule has 1 amide bonds. The molecule has 0 heterocycles. The van der Waals surface area contributed by atoms with Gasteiger partial charge in [0, 0.05) is 11.1 Å². The van der Waals surface area contributed by atoms with Gasteiger partial charge in [-0.15, -0.1) is 0 Å². The van der Waals surface area contributed by atoms with Crippen LogP contribution in [0.3, 0.4) is 0 Å². The van der Waals surface area contributed by atoms with Crippen molar-refractivity contribution >= 4 is 27.4 Å². The van der Waals surface area contributed by atoms with Gasteiger partial charge in [0.1, 0.15) is 6.61 Å². The van der Waals surface area contributed by atoms with Crippen LogP contribution in [0.5, 0.6) is 11.5 Å². The maximum Gasteiger partial charge on any atom is 0.251 e. The summed E-state index contributed by atoms with van der Waals surface area (Å²) in [6.07, 6.45) is 1.11. The van der Waals surface area contributed by atoms with E-state index >= 15 is 0 Å². The van der Waals surface area contributed by atoms with Crippen molar-refractivity contribution in [1.29, 1.82) is 0 Å². The minimum absolute atomic E-state index is 0.0643. The summed E-state index contributed by atoms with van der Waals surface area (Å²) in [5, 5.41) is 2.79. The minimum Gasteiger partial charge on any atom is -0.493 e. The molecule has 0 radical (unpaired) electrons. The number of methoxy groups -OCH3 is 1. The van der Waals surface area contributed by atoms with Crippen molar-refractivity contribution in [2.45, 2.75) is 13.5 Å². The van der Waals surface area contributed by atoms with Gasteiger partial charge in [-0.3, -0.25) is 13.9 Å². The van der Waals surface area contributed by atoms with Crippen molar-refractivity contribution in [2.75, 3.05) is 30.8 Å². The second-order valence-electron chi connectivity index (χ2n) is 7.83. The number of sulfonamides is 1. The molecule has 0 aliphatic rings. The van der Waals surface area contributed by atoms with Crippen molar-refractivity contribution in [1.82, 2.24) is 5.32 Å². The van der Waals surface area contributed by atoms with Gasteiger partial charge < -0.3 is 14.8 Å². The number of carbonyl (C=O) groups is 2. The number of ether oxygens (including phenoxy) is 2. The summed E-state index contributed by atoms with van der Waals surface area (Å²) in [7, 11) is -2.05. The number of nitrogens with one attached hydrogen (secondary N) is 1. The van der Waals surface area contributed by atoms with Crippen LogP contribution >= 0.6 is 0 Å². The Kier molecular flexibility index (Phi) is 8.48. The SMILES string of the molecule is COc1ccccc1OCCNC(=O)c1ccc(CN(c2cccc(C(C)=O)c2)S(C)(=O)=O)cc1. The summed E-state index contributed by atoms with van der Waals surface area (Å²) >= 11 is 0. The van der Waals surface area contributed by atoms with Crippen LogP contribution in [-0.2, 0) is 16.6 Å². The summed E-state index contributed by atoms with van der Waals surface area (Å²) in [4.78, 5) is 24.2. The maximum absolute atomic E-state index is 12.5. The minimum atomic E-state index is -3.61. The number of hydrogen-bond donors (Lipinski definition) is 1. The van der Waals surface area contributed by atoms with Gasteiger partial charge in [0.15, 0.2) is 17.3 Å². The predicted octanol–water partition coefficient (Wildman–Crippen LogP) is 3.67. The normalized spacial score (nSPS) is 10.9. The number of rotatable bonds is 11. The lowest BCUT2D eigenvalue weighted by atomic mass is 10.1. The molecular formula is C26H28N2O6S. The second kappa shape index (κ2) is 11.5. The van der Waals surface area contributed by atoms with Crippen LogP contribution in [0, 0.1) is 0 Å². The highest BCUT2D eigenvalue weighted by Crippen LogP contribution is 2.25. The van der Waals surface area contributed by atoms with Crippen molar-refractivity contribution in [2.24, 2.45) is 0 Å². The third-order valence-corrected chi connectivity index (χ3v) is 6.34. The average molecular weight is 497 g/mol. The number of ketones is 1. The van der Waals surface area contributed by atoms with E-state index in [0.717, 1.165) is 6.26 Å². The monoisotopic (exact) mass is 496 g/mol. The van der Waals surface area contributed by atoms with Gasteiger partial charge in [-0.2, -0.15) is 0 Å². The summed E-state index contributed by atoms with van der Waals surface area (Å²) in [6.45, 7) is 2.06. The van der Waals surface area contributed by atoms with Crippen LogP contribution < -0.4 is 19.1 Å². The Morgan fingerprint density at radius 1 is 0.914 bits per heavy atom. The zero-order valence-electron chi connectivity index (χ0n) is 19.9. The highest BCUT2D eigenvalue weighted by molar-refractivity contribution is 7.92. The second-order valence-corrected chi connectivity index (χ2v) is 9.74. The zero-order chi connectivity index (χ0) is 25.4. The van der Waals surface area contributed by atoms with Crippen molar-refractivity contribution in [3.05, 3.63) is 89.5 Å². The van der Waals surface area contributed by atoms with E-state index in [-0.39, 0.29) is 24.8 Å². The van der Waals surface area contributed by atoms with E-state index in [1.54, 1.807) is 67.8 Å². The topological polar surface area (TPSA) is 102 Å². The molecule has 0 aromatic heterocycles. The standard InChI is InChI=1S/C26H28N2O6S/c1-19(29)22-7-6-8-23(17-22)28(35(3,31)32)18-20-11-13-21(14-12-20)26(30)27-15-16-34-25-10-5-4-9-24(25)33-2/h4-14,17H,15-16,18H2,1-3H3,(H,27,30). The average Bonchev–Trinajstić information content (AvgIpc) is 2.85. The molecule has 0 unspecified atom stereocenters. The summed E-state index contributed by atoms with van der Waals surface area (Å²) in [6, 6.07) is 20.4. The Bertz CT molecular complexity index is 1290. The number of Topliss-reactive ketones (excluding diaryl/α,β-unsaturated/α-hetero) is 1. The van der Waals surface area contributed by atoms with Gasteiger partial charge >= 0.3 is 0 Å². The van der Waals surface area contributed by atoms with Crippen LogP contribution in [0.4, 0.5) is 5.69 Å². The number of para-hydroxylation sites is 2. The molecule has 3 aromatic rings. The number of amides is 1. The first-order valence-corrected chi connectivity index (χ1v) is 12.8. The molecule has 0 bridgehead atoms. The lowest BCUT2D eigenvalue weighted by molar-refractivity contribution is 0.0946. The quantitative estimate of drug-likeness (QED) is 0.321. The first kappa shape index (κ1) is 25.8. The van der Waals surface area contributed by atoms with Gasteiger partial charge in [0.25, 0.3) is 5.91 Å². The Labute approximate surface area is 205 Å². The zero-order valence-corrected chi connectivity index (χ0v) is 20.7. The molecule has 0 spiro atoms. The fourth-order valence-corrected chi connectivity index (χ4v) is 4.25. The van der Waals surface area contributed by atoms with Gasteiger partial charge in [0.05, 0.1) is 32.1 Å². The number of benzene rings is 3. The van der Waals surface area contributed by atoms with E-state index < -0.39 is 10.0 Å². The Morgan fingerprint density at radius 3 is 2.23 bits per heavy atom. The third-order valence-electron chi connectivity index (χ3n) is 5.20. The van der Waals surface area contributed by atoms with E-state index in [9.17, 15) is 18.0 Å². The lowest BCUT2D eigenvalue weighted by Gasteiger charge is -2.23. The summed E-state index contributed by atoms with van der Waals surface area (Å²) < 4.78 is 37.0. The van der Waals surface area contributed by atoms with Gasteiger partial charge in [-0.1, -0.05) is 36.4 Å². The first-order valence-electron chi connectivity index (χ1n) is 10.9. The van der Waals surface area contributed by atoms with Crippen LogP contribution in [0.25, 0.3) is 0 Å². The fraction of sp³-hybridized carbons (Fsp3) is 0.231. The van der Waals surface area contributed by atoms with Crippen molar-refractivity contribution in [3.63, 3.8) is 0 Å². The van der Waals surface area contributed by atoms with E-state index in [0.29, 0.717) is 40.4 Å². The molecule has 0 saturated carbocycles. The summed E-state index contributed by atoms with van der Waals surface area (Å²) in [5.41, 5.74) is 1.96. The Morgan fingerprint density at radius 2 is 1.60 bits per heavy atom. The van der Waals surface area contributed by atoms with E-state index in [2.05, 4.69) is 5.32 Å². The fourth-order valence-electron chi connectivity index (χ4n) is 3.37. The molecule has 9 heteroatoms. The molecule has 0 aliphatic carbocycles. The summed E-state index contributed by atoms with van der Waals surface area (Å²) in [5.74, 6) is 0.793. The first-order chi connectivity index (χ1) is 16.7. The van der Waals surface area contributed by atoms with Crippen LogP contribution in [0.1, 0.15) is 33.2 Å². The number of hydrogen-bond acceptors (Lipinski definition) is 6. The molecule has 184 valence electrons. The molecule has 0 aliphatic heterocycles. The molecule has 0 atom stereocenters.